The molecule has 0 fully saturated rings. The molecule has 1 heterocycles. The molecule has 0 aliphatic rings. The average molecular weight is 433 g/mol. The number of ether oxygens (including phenoxy) is 1. The monoisotopic (exact) mass is 432 g/mol. The number of aromatic nitrogens is 2. The number of anilines is 1. The number of benzene rings is 2. The topological polar surface area (TPSA) is 76.5 Å². The number of hydrogen-bond donors (Lipinski definition) is 1. The fourth-order valence-electron chi connectivity index (χ4n) is 2.67. The van der Waals surface area contributed by atoms with Crippen molar-refractivity contribution < 1.29 is 14.3 Å². The second kappa shape index (κ2) is 8.98. The second-order valence-corrected chi connectivity index (χ2v) is 7.08. The molecule has 3 rings (SSSR count). The minimum absolute atomic E-state index is 0.156. The van der Waals surface area contributed by atoms with Gasteiger partial charge in [-0.05, 0) is 36.4 Å². The molecular formula is C20H18Cl2N4O3. The van der Waals surface area contributed by atoms with E-state index in [9.17, 15) is 9.59 Å². The van der Waals surface area contributed by atoms with Crippen LogP contribution >= 0.6 is 23.2 Å². The van der Waals surface area contributed by atoms with Crippen LogP contribution in [0.3, 0.4) is 0 Å². The summed E-state index contributed by atoms with van der Waals surface area (Å²) in [5.74, 6) is -0.255. The standard InChI is InChI=1S/C20H18Cl2N4O3/c1-25(12-19(27)24-17-9-15(22)6-7-18(17)29-2)20(28)13-10-23-26(11-13)16-5-3-4-14(21)8-16/h3-11H,12H2,1-2H3,(H,24,27). The van der Waals surface area contributed by atoms with Crippen molar-refractivity contribution in [3.63, 3.8) is 0 Å². The summed E-state index contributed by atoms with van der Waals surface area (Å²) in [5.41, 5.74) is 1.50. The summed E-state index contributed by atoms with van der Waals surface area (Å²) in [4.78, 5) is 26.3. The normalized spacial score (nSPS) is 10.5. The Hall–Kier alpha value is -3.03. The Morgan fingerprint density at radius 2 is 1.93 bits per heavy atom. The van der Waals surface area contributed by atoms with Crippen molar-refractivity contribution in [1.82, 2.24) is 14.7 Å². The number of carbonyl (C=O) groups excluding carboxylic acids is 2. The van der Waals surface area contributed by atoms with Gasteiger partial charge in [-0.15, -0.1) is 0 Å². The zero-order chi connectivity index (χ0) is 21.0. The van der Waals surface area contributed by atoms with Crippen molar-refractivity contribution in [3.8, 4) is 11.4 Å². The zero-order valence-electron chi connectivity index (χ0n) is 15.7. The van der Waals surface area contributed by atoms with Gasteiger partial charge in [0.25, 0.3) is 5.91 Å². The fourth-order valence-corrected chi connectivity index (χ4v) is 3.02. The molecule has 2 amide bonds. The molecule has 150 valence electrons. The molecule has 0 radical (unpaired) electrons. The quantitative estimate of drug-likeness (QED) is 0.640. The third-order valence-electron chi connectivity index (χ3n) is 4.07. The minimum atomic E-state index is -0.386. The van der Waals surface area contributed by atoms with E-state index in [1.54, 1.807) is 47.3 Å². The van der Waals surface area contributed by atoms with Gasteiger partial charge in [-0.1, -0.05) is 29.3 Å². The largest absolute Gasteiger partial charge is 0.495 e. The van der Waals surface area contributed by atoms with Crippen molar-refractivity contribution in [2.24, 2.45) is 0 Å². The Bertz CT molecular complexity index is 1050. The van der Waals surface area contributed by atoms with Crippen molar-refractivity contribution >= 4 is 40.7 Å². The van der Waals surface area contributed by atoms with Gasteiger partial charge in [0, 0.05) is 23.3 Å². The van der Waals surface area contributed by atoms with Crippen LogP contribution in [0.4, 0.5) is 5.69 Å². The van der Waals surface area contributed by atoms with Gasteiger partial charge in [-0.3, -0.25) is 9.59 Å². The number of carbonyl (C=O) groups is 2. The average Bonchev–Trinajstić information content (AvgIpc) is 3.17. The van der Waals surface area contributed by atoms with Crippen LogP contribution in [0.25, 0.3) is 5.69 Å². The van der Waals surface area contributed by atoms with Gasteiger partial charge < -0.3 is 15.0 Å². The number of halogens is 2. The molecule has 29 heavy (non-hydrogen) atoms. The Morgan fingerprint density at radius 1 is 1.17 bits per heavy atom. The maximum Gasteiger partial charge on any atom is 0.257 e. The summed E-state index contributed by atoms with van der Waals surface area (Å²) in [6, 6.07) is 12.0. The predicted octanol–water partition coefficient (Wildman–Crippen LogP) is 3.90. The molecule has 1 aromatic heterocycles. The Morgan fingerprint density at radius 3 is 2.66 bits per heavy atom. The second-order valence-electron chi connectivity index (χ2n) is 6.21. The molecule has 3 aromatic rings. The van der Waals surface area contributed by atoms with E-state index in [1.807, 2.05) is 6.07 Å². The Labute approximate surface area is 177 Å². The maximum atomic E-state index is 12.6. The van der Waals surface area contributed by atoms with E-state index in [0.29, 0.717) is 27.0 Å². The third-order valence-corrected chi connectivity index (χ3v) is 4.54. The summed E-state index contributed by atoms with van der Waals surface area (Å²) in [7, 11) is 3.03. The fraction of sp³-hybridized carbons (Fsp3) is 0.150. The number of nitrogens with one attached hydrogen (secondary N) is 1. The van der Waals surface area contributed by atoms with E-state index in [2.05, 4.69) is 10.4 Å². The summed E-state index contributed by atoms with van der Waals surface area (Å²) >= 11 is 12.0. The number of likely N-dealkylation sites (N-methyl/N-ethyl adjacent to an activating group) is 1. The molecule has 0 saturated carbocycles. The van der Waals surface area contributed by atoms with Gasteiger partial charge in [-0.25, -0.2) is 4.68 Å². The van der Waals surface area contributed by atoms with E-state index >= 15 is 0 Å². The Balaban J connectivity index is 1.66. The van der Waals surface area contributed by atoms with Crippen LogP contribution in [0.2, 0.25) is 10.0 Å². The van der Waals surface area contributed by atoms with Crippen LogP contribution in [0.1, 0.15) is 10.4 Å². The number of nitrogens with zero attached hydrogens (tertiary/aromatic N) is 3. The lowest BCUT2D eigenvalue weighted by atomic mass is 10.2. The molecule has 1 N–H and O–H groups in total. The highest BCUT2D eigenvalue weighted by Crippen LogP contribution is 2.27. The molecule has 0 aliphatic carbocycles. The highest BCUT2D eigenvalue weighted by Gasteiger charge is 2.18. The van der Waals surface area contributed by atoms with Crippen LogP contribution in [0.15, 0.2) is 54.9 Å². The van der Waals surface area contributed by atoms with Crippen molar-refractivity contribution in [1.29, 1.82) is 0 Å². The van der Waals surface area contributed by atoms with E-state index in [-0.39, 0.29) is 18.4 Å². The van der Waals surface area contributed by atoms with Crippen LogP contribution in [-0.4, -0.2) is 47.2 Å². The summed E-state index contributed by atoms with van der Waals surface area (Å²) in [6.07, 6.45) is 3.03. The molecule has 7 nitrogen and oxygen atoms in total. The number of rotatable bonds is 6. The molecule has 9 heteroatoms. The lowest BCUT2D eigenvalue weighted by molar-refractivity contribution is -0.116. The first-order chi connectivity index (χ1) is 13.9. The lowest BCUT2D eigenvalue weighted by Gasteiger charge is -2.17. The Kier molecular flexibility index (Phi) is 6.41. The number of hydrogen-bond acceptors (Lipinski definition) is 4. The van der Waals surface area contributed by atoms with Crippen LogP contribution in [-0.2, 0) is 4.79 Å². The number of amides is 2. The lowest BCUT2D eigenvalue weighted by Crippen LogP contribution is -2.34. The van der Waals surface area contributed by atoms with Crippen LogP contribution < -0.4 is 10.1 Å². The number of methoxy groups -OCH3 is 1. The molecule has 2 aromatic carbocycles. The van der Waals surface area contributed by atoms with E-state index in [4.69, 9.17) is 27.9 Å². The molecule has 0 saturated heterocycles. The highest BCUT2D eigenvalue weighted by molar-refractivity contribution is 6.31. The van der Waals surface area contributed by atoms with E-state index in [0.717, 1.165) is 5.69 Å². The van der Waals surface area contributed by atoms with Gasteiger partial charge in [0.1, 0.15) is 5.75 Å². The maximum absolute atomic E-state index is 12.6. The van der Waals surface area contributed by atoms with Gasteiger partial charge in [-0.2, -0.15) is 5.10 Å². The van der Waals surface area contributed by atoms with Gasteiger partial charge in [0.05, 0.1) is 36.8 Å². The third kappa shape index (κ3) is 5.07. The summed E-state index contributed by atoms with van der Waals surface area (Å²) in [5, 5.41) is 7.91. The molecule has 0 atom stereocenters. The molecule has 0 unspecified atom stereocenters. The van der Waals surface area contributed by atoms with Crippen LogP contribution in [0, 0.1) is 0 Å². The smallest absolute Gasteiger partial charge is 0.257 e. The van der Waals surface area contributed by atoms with Crippen molar-refractivity contribution in [2.75, 3.05) is 26.0 Å². The van der Waals surface area contributed by atoms with Crippen molar-refractivity contribution in [3.05, 3.63) is 70.5 Å². The molecule has 0 bridgehead atoms. The zero-order valence-corrected chi connectivity index (χ0v) is 17.2. The summed E-state index contributed by atoms with van der Waals surface area (Å²) in [6.45, 7) is -0.156. The molecular weight excluding hydrogens is 415 g/mol. The minimum Gasteiger partial charge on any atom is -0.495 e. The first kappa shape index (κ1) is 20.7. The SMILES string of the molecule is COc1ccc(Cl)cc1NC(=O)CN(C)C(=O)c1cnn(-c2cccc(Cl)c2)c1. The first-order valence-corrected chi connectivity index (χ1v) is 9.32. The predicted molar refractivity (Wildman–Crippen MR) is 112 cm³/mol. The van der Waals surface area contributed by atoms with Gasteiger partial charge in [0.2, 0.25) is 5.91 Å². The van der Waals surface area contributed by atoms with E-state index < -0.39 is 0 Å². The first-order valence-electron chi connectivity index (χ1n) is 8.57. The van der Waals surface area contributed by atoms with E-state index in [1.165, 1.54) is 25.3 Å². The highest BCUT2D eigenvalue weighted by atomic mass is 35.5. The van der Waals surface area contributed by atoms with Gasteiger partial charge >= 0.3 is 0 Å². The molecule has 0 spiro atoms. The summed E-state index contributed by atoms with van der Waals surface area (Å²) < 4.78 is 6.75. The van der Waals surface area contributed by atoms with Crippen LogP contribution in [0.5, 0.6) is 5.75 Å². The van der Waals surface area contributed by atoms with Crippen molar-refractivity contribution in [2.45, 2.75) is 0 Å². The van der Waals surface area contributed by atoms with Gasteiger partial charge in [0.15, 0.2) is 0 Å². The molecule has 0 aliphatic heterocycles.